The maximum absolute atomic E-state index is 11.4. The molecule has 0 aromatic heterocycles. The van der Waals surface area contributed by atoms with Crippen LogP contribution >= 0.6 is 15.9 Å². The molecule has 3 nitrogen and oxygen atoms in total. The van der Waals surface area contributed by atoms with Crippen molar-refractivity contribution >= 4 is 27.6 Å². The third-order valence-electron chi connectivity index (χ3n) is 2.91. The van der Waals surface area contributed by atoms with E-state index >= 15 is 0 Å². The second-order valence-corrected chi connectivity index (χ2v) is 5.11. The second-order valence-electron chi connectivity index (χ2n) is 4.19. The number of fused-ring (bicyclic) bond motifs is 1. The molecule has 0 saturated carbocycles. The first kappa shape index (κ1) is 12.4. The number of nitrogens with one attached hydrogen (secondary N) is 1. The molecule has 0 saturated heterocycles. The third kappa shape index (κ3) is 3.22. The van der Waals surface area contributed by atoms with Crippen molar-refractivity contribution in [2.24, 2.45) is 0 Å². The molecule has 1 N–H and O–H groups in total. The van der Waals surface area contributed by atoms with E-state index in [-0.39, 0.29) is 12.0 Å². The molecule has 0 fully saturated rings. The number of benzene rings is 1. The lowest BCUT2D eigenvalue weighted by Crippen LogP contribution is -2.28. The number of carbonyl (C=O) groups excluding carboxylic acids is 1. The van der Waals surface area contributed by atoms with Crippen LogP contribution in [-0.4, -0.2) is 18.6 Å². The van der Waals surface area contributed by atoms with Gasteiger partial charge in [-0.1, -0.05) is 15.9 Å². The summed E-state index contributed by atoms with van der Waals surface area (Å²) >= 11 is 3.46. The highest BCUT2D eigenvalue weighted by Crippen LogP contribution is 2.28. The number of hydrogen-bond acceptors (Lipinski definition) is 3. The first-order chi connectivity index (χ1) is 8.19. The van der Waals surface area contributed by atoms with E-state index in [1.165, 1.54) is 5.56 Å². The highest BCUT2D eigenvalue weighted by Gasteiger charge is 2.20. The molecule has 1 atom stereocenters. The van der Waals surface area contributed by atoms with Gasteiger partial charge in [-0.05, 0) is 43.5 Å². The number of ether oxygens (including phenoxy) is 1. The number of aryl methyl sites for hydroxylation is 1. The number of anilines is 1. The molecule has 1 aliphatic heterocycles. The molecule has 1 heterocycles. The fourth-order valence-corrected chi connectivity index (χ4v) is 2.51. The van der Waals surface area contributed by atoms with Gasteiger partial charge in [-0.2, -0.15) is 0 Å². The molecular formula is C13H16BrNO2. The molecule has 0 bridgehead atoms. The van der Waals surface area contributed by atoms with E-state index in [1.807, 2.05) is 13.0 Å². The van der Waals surface area contributed by atoms with E-state index in [0.717, 1.165) is 23.0 Å². The molecule has 1 aliphatic rings. The number of hydrogen-bond donors (Lipinski definition) is 1. The Labute approximate surface area is 110 Å². The van der Waals surface area contributed by atoms with Crippen LogP contribution in [0.5, 0.6) is 0 Å². The van der Waals surface area contributed by atoms with Crippen molar-refractivity contribution in [3.63, 3.8) is 0 Å². The average molecular weight is 298 g/mol. The van der Waals surface area contributed by atoms with Crippen LogP contribution in [0.25, 0.3) is 0 Å². The van der Waals surface area contributed by atoms with Crippen LogP contribution < -0.4 is 5.32 Å². The Morgan fingerprint density at radius 3 is 3.18 bits per heavy atom. The lowest BCUT2D eigenvalue weighted by Gasteiger charge is -2.26. The van der Waals surface area contributed by atoms with Gasteiger partial charge in [0.05, 0.1) is 13.0 Å². The summed E-state index contributed by atoms with van der Waals surface area (Å²) in [6.45, 7) is 2.29. The second kappa shape index (κ2) is 5.54. The van der Waals surface area contributed by atoms with Gasteiger partial charge in [0.15, 0.2) is 0 Å². The summed E-state index contributed by atoms with van der Waals surface area (Å²) < 4.78 is 6.06. The molecule has 4 heteroatoms. The molecule has 2 rings (SSSR count). The van der Waals surface area contributed by atoms with Crippen LogP contribution in [0.4, 0.5) is 5.69 Å². The van der Waals surface area contributed by atoms with Gasteiger partial charge >= 0.3 is 5.97 Å². The van der Waals surface area contributed by atoms with E-state index in [0.29, 0.717) is 13.0 Å². The van der Waals surface area contributed by atoms with Crippen molar-refractivity contribution in [3.05, 3.63) is 28.2 Å². The predicted octanol–water partition coefficient (Wildman–Crippen LogP) is 3.13. The summed E-state index contributed by atoms with van der Waals surface area (Å²) in [6, 6.07) is 6.39. The van der Waals surface area contributed by atoms with Gasteiger partial charge in [0.25, 0.3) is 0 Å². The van der Waals surface area contributed by atoms with Gasteiger partial charge in [0, 0.05) is 16.2 Å². The fraction of sp³-hybridized carbons (Fsp3) is 0.462. The predicted molar refractivity (Wildman–Crippen MR) is 71.1 cm³/mol. The minimum absolute atomic E-state index is 0.120. The topological polar surface area (TPSA) is 38.3 Å². The summed E-state index contributed by atoms with van der Waals surface area (Å²) in [5.41, 5.74) is 2.44. The van der Waals surface area contributed by atoms with Crippen LogP contribution in [0.2, 0.25) is 0 Å². The highest BCUT2D eigenvalue weighted by atomic mass is 79.9. The average Bonchev–Trinajstić information content (AvgIpc) is 2.29. The van der Waals surface area contributed by atoms with E-state index in [9.17, 15) is 4.79 Å². The van der Waals surface area contributed by atoms with E-state index < -0.39 is 0 Å². The number of carbonyl (C=O) groups is 1. The molecule has 0 radical (unpaired) electrons. The quantitative estimate of drug-likeness (QED) is 0.871. The minimum atomic E-state index is -0.120. The number of halogens is 1. The largest absolute Gasteiger partial charge is 0.466 e. The zero-order valence-corrected chi connectivity index (χ0v) is 11.4. The molecule has 0 amide bonds. The SMILES string of the molecule is CCOC(=O)CC1CCc2cc(Br)ccc2N1. The molecule has 1 unspecified atom stereocenters. The van der Waals surface area contributed by atoms with Gasteiger partial charge in [-0.15, -0.1) is 0 Å². The summed E-state index contributed by atoms with van der Waals surface area (Å²) in [4.78, 5) is 11.4. The van der Waals surface area contributed by atoms with E-state index in [1.54, 1.807) is 0 Å². The van der Waals surface area contributed by atoms with Crippen molar-refractivity contribution in [1.29, 1.82) is 0 Å². The molecule has 17 heavy (non-hydrogen) atoms. The van der Waals surface area contributed by atoms with E-state index in [2.05, 4.69) is 33.4 Å². The van der Waals surface area contributed by atoms with Crippen molar-refractivity contribution in [3.8, 4) is 0 Å². The minimum Gasteiger partial charge on any atom is -0.466 e. The van der Waals surface area contributed by atoms with Crippen molar-refractivity contribution in [2.75, 3.05) is 11.9 Å². The number of esters is 1. The summed E-state index contributed by atoms with van der Waals surface area (Å²) in [7, 11) is 0. The zero-order valence-electron chi connectivity index (χ0n) is 9.83. The van der Waals surface area contributed by atoms with Crippen LogP contribution in [-0.2, 0) is 16.0 Å². The van der Waals surface area contributed by atoms with Crippen LogP contribution in [0, 0.1) is 0 Å². The highest BCUT2D eigenvalue weighted by molar-refractivity contribution is 9.10. The Hall–Kier alpha value is -1.03. The molecule has 0 aliphatic carbocycles. The lowest BCUT2D eigenvalue weighted by atomic mass is 9.96. The molecule has 1 aromatic carbocycles. The van der Waals surface area contributed by atoms with Gasteiger partial charge in [0.1, 0.15) is 0 Å². The number of rotatable bonds is 3. The van der Waals surface area contributed by atoms with Crippen molar-refractivity contribution in [2.45, 2.75) is 32.2 Å². The maximum Gasteiger partial charge on any atom is 0.307 e. The standard InChI is InChI=1S/C13H16BrNO2/c1-2-17-13(16)8-11-5-3-9-7-10(14)4-6-12(9)15-11/h4,6-7,11,15H,2-3,5,8H2,1H3. The van der Waals surface area contributed by atoms with Gasteiger partial charge in [-0.25, -0.2) is 0 Å². The fourth-order valence-electron chi connectivity index (χ4n) is 2.11. The Morgan fingerprint density at radius 2 is 2.41 bits per heavy atom. The lowest BCUT2D eigenvalue weighted by molar-refractivity contribution is -0.143. The van der Waals surface area contributed by atoms with Crippen molar-refractivity contribution < 1.29 is 9.53 Å². The van der Waals surface area contributed by atoms with Crippen molar-refractivity contribution in [1.82, 2.24) is 0 Å². The Bertz CT molecular complexity index is 420. The van der Waals surface area contributed by atoms with Crippen LogP contribution in [0.3, 0.4) is 0 Å². The van der Waals surface area contributed by atoms with E-state index in [4.69, 9.17) is 4.74 Å². The van der Waals surface area contributed by atoms with Crippen LogP contribution in [0.1, 0.15) is 25.3 Å². The van der Waals surface area contributed by atoms with Gasteiger partial charge in [-0.3, -0.25) is 4.79 Å². The Kier molecular flexibility index (Phi) is 4.05. The Morgan fingerprint density at radius 1 is 1.59 bits per heavy atom. The summed E-state index contributed by atoms with van der Waals surface area (Å²) in [5.74, 6) is -0.120. The first-order valence-corrected chi connectivity index (χ1v) is 6.69. The summed E-state index contributed by atoms with van der Waals surface area (Å²) in [6.07, 6.45) is 2.43. The molecule has 1 aromatic rings. The maximum atomic E-state index is 11.4. The molecule has 0 spiro atoms. The first-order valence-electron chi connectivity index (χ1n) is 5.89. The molecular weight excluding hydrogens is 282 g/mol. The van der Waals surface area contributed by atoms with Gasteiger partial charge in [0.2, 0.25) is 0 Å². The molecule has 92 valence electrons. The third-order valence-corrected chi connectivity index (χ3v) is 3.40. The summed E-state index contributed by atoms with van der Waals surface area (Å²) in [5, 5.41) is 3.39. The monoisotopic (exact) mass is 297 g/mol. The smallest absolute Gasteiger partial charge is 0.307 e. The van der Waals surface area contributed by atoms with Gasteiger partial charge < -0.3 is 10.1 Å². The zero-order chi connectivity index (χ0) is 12.3. The van der Waals surface area contributed by atoms with Crippen LogP contribution in [0.15, 0.2) is 22.7 Å². The normalized spacial score (nSPS) is 18.1. The Balaban J connectivity index is 1.99.